The molecule has 17 heavy (non-hydrogen) atoms. The van der Waals surface area contributed by atoms with Gasteiger partial charge < -0.3 is 5.32 Å². The second-order valence-electron chi connectivity index (χ2n) is 6.07. The van der Waals surface area contributed by atoms with Crippen molar-refractivity contribution in [3.05, 3.63) is 29.3 Å². The SMILES string of the molecule is CC(C)c1ccc2c(c1)CC(C1CCCC1)N2. The summed E-state index contributed by atoms with van der Waals surface area (Å²) in [7, 11) is 0. The molecule has 3 rings (SSSR count). The van der Waals surface area contributed by atoms with Gasteiger partial charge >= 0.3 is 0 Å². The summed E-state index contributed by atoms with van der Waals surface area (Å²) in [5, 5.41) is 3.74. The van der Waals surface area contributed by atoms with Crippen LogP contribution in [0.5, 0.6) is 0 Å². The summed E-state index contributed by atoms with van der Waals surface area (Å²) in [5.74, 6) is 1.57. The lowest BCUT2D eigenvalue weighted by molar-refractivity contribution is 0.466. The van der Waals surface area contributed by atoms with Crippen LogP contribution in [0.25, 0.3) is 0 Å². The molecule has 1 fully saturated rings. The molecule has 0 bridgehead atoms. The highest BCUT2D eigenvalue weighted by atomic mass is 15.0. The third kappa shape index (κ3) is 2.08. The molecular formula is C16H23N. The van der Waals surface area contributed by atoms with E-state index in [4.69, 9.17) is 0 Å². The second-order valence-corrected chi connectivity index (χ2v) is 6.07. The van der Waals surface area contributed by atoms with E-state index in [1.165, 1.54) is 43.4 Å². The Kier molecular flexibility index (Phi) is 2.85. The Hall–Kier alpha value is -0.980. The normalized spacial score (nSPS) is 24.1. The molecule has 0 amide bonds. The quantitative estimate of drug-likeness (QED) is 0.795. The van der Waals surface area contributed by atoms with E-state index in [-0.39, 0.29) is 0 Å². The standard InChI is InChI=1S/C16H23N/c1-11(2)13-7-8-15-14(9-13)10-16(17-15)12-5-3-4-6-12/h7-9,11-12,16-17H,3-6,10H2,1-2H3. The number of hydrogen-bond donors (Lipinski definition) is 1. The van der Waals surface area contributed by atoms with Gasteiger partial charge in [-0.05, 0) is 48.3 Å². The fraction of sp³-hybridized carbons (Fsp3) is 0.625. The average molecular weight is 229 g/mol. The second kappa shape index (κ2) is 4.36. The maximum atomic E-state index is 3.74. The molecule has 1 aromatic rings. The topological polar surface area (TPSA) is 12.0 Å². The molecular weight excluding hydrogens is 206 g/mol. The van der Waals surface area contributed by atoms with Gasteiger partial charge in [0.25, 0.3) is 0 Å². The van der Waals surface area contributed by atoms with Crippen molar-refractivity contribution in [2.45, 2.75) is 57.9 Å². The Morgan fingerprint density at radius 2 is 1.94 bits per heavy atom. The van der Waals surface area contributed by atoms with E-state index in [0.29, 0.717) is 5.92 Å². The monoisotopic (exact) mass is 229 g/mol. The Labute approximate surface area is 105 Å². The fourth-order valence-electron chi connectivity index (χ4n) is 3.41. The Balaban J connectivity index is 1.78. The van der Waals surface area contributed by atoms with Crippen LogP contribution in [0.2, 0.25) is 0 Å². The summed E-state index contributed by atoms with van der Waals surface area (Å²) in [5.41, 5.74) is 4.43. The number of anilines is 1. The van der Waals surface area contributed by atoms with E-state index in [1.807, 2.05) is 0 Å². The van der Waals surface area contributed by atoms with E-state index in [1.54, 1.807) is 5.56 Å². The first-order valence-corrected chi connectivity index (χ1v) is 7.13. The molecule has 0 spiro atoms. The van der Waals surface area contributed by atoms with E-state index < -0.39 is 0 Å². The van der Waals surface area contributed by atoms with Crippen LogP contribution in [-0.4, -0.2) is 6.04 Å². The van der Waals surface area contributed by atoms with Gasteiger partial charge in [0, 0.05) is 11.7 Å². The van der Waals surface area contributed by atoms with Crippen LogP contribution >= 0.6 is 0 Å². The van der Waals surface area contributed by atoms with Crippen LogP contribution < -0.4 is 5.32 Å². The Morgan fingerprint density at radius 1 is 1.18 bits per heavy atom. The lowest BCUT2D eigenvalue weighted by Gasteiger charge is -2.18. The van der Waals surface area contributed by atoms with Crippen molar-refractivity contribution in [1.29, 1.82) is 0 Å². The first kappa shape index (κ1) is 11.1. The van der Waals surface area contributed by atoms with Crippen LogP contribution in [-0.2, 0) is 6.42 Å². The number of benzene rings is 1. The molecule has 1 saturated carbocycles. The Bertz CT molecular complexity index is 402. The fourth-order valence-corrected chi connectivity index (χ4v) is 3.41. The molecule has 1 aromatic carbocycles. The lowest BCUT2D eigenvalue weighted by atomic mass is 9.94. The van der Waals surface area contributed by atoms with Crippen molar-refractivity contribution in [3.63, 3.8) is 0 Å². The number of fused-ring (bicyclic) bond motifs is 1. The van der Waals surface area contributed by atoms with E-state index >= 15 is 0 Å². The molecule has 1 unspecified atom stereocenters. The molecule has 1 nitrogen and oxygen atoms in total. The van der Waals surface area contributed by atoms with E-state index in [9.17, 15) is 0 Å². The number of rotatable bonds is 2. The molecule has 2 aliphatic rings. The molecule has 1 aliphatic heterocycles. The smallest absolute Gasteiger partial charge is 0.0376 e. The van der Waals surface area contributed by atoms with E-state index in [0.717, 1.165) is 12.0 Å². The maximum Gasteiger partial charge on any atom is 0.0376 e. The van der Waals surface area contributed by atoms with Crippen molar-refractivity contribution in [1.82, 2.24) is 0 Å². The third-order valence-corrected chi connectivity index (χ3v) is 4.55. The first-order chi connectivity index (χ1) is 8.24. The molecule has 1 N–H and O–H groups in total. The van der Waals surface area contributed by atoms with Gasteiger partial charge in [-0.15, -0.1) is 0 Å². The van der Waals surface area contributed by atoms with Gasteiger partial charge in [0.05, 0.1) is 0 Å². The van der Waals surface area contributed by atoms with Crippen LogP contribution in [0.3, 0.4) is 0 Å². The average Bonchev–Trinajstić information content (AvgIpc) is 2.96. The van der Waals surface area contributed by atoms with Crippen molar-refractivity contribution in [2.24, 2.45) is 5.92 Å². The van der Waals surface area contributed by atoms with Gasteiger partial charge in [-0.2, -0.15) is 0 Å². The van der Waals surface area contributed by atoms with Gasteiger partial charge in [0.15, 0.2) is 0 Å². The van der Waals surface area contributed by atoms with Crippen LogP contribution in [0.15, 0.2) is 18.2 Å². The molecule has 1 heterocycles. The minimum Gasteiger partial charge on any atom is -0.381 e. The van der Waals surface area contributed by atoms with Crippen molar-refractivity contribution in [3.8, 4) is 0 Å². The largest absolute Gasteiger partial charge is 0.381 e. The molecule has 1 aliphatic carbocycles. The summed E-state index contributed by atoms with van der Waals surface area (Å²) in [6.45, 7) is 4.55. The minimum absolute atomic E-state index is 0.644. The zero-order valence-electron chi connectivity index (χ0n) is 11.0. The first-order valence-electron chi connectivity index (χ1n) is 7.13. The van der Waals surface area contributed by atoms with Crippen LogP contribution in [0.1, 0.15) is 56.6 Å². The minimum atomic E-state index is 0.644. The van der Waals surface area contributed by atoms with Crippen molar-refractivity contribution < 1.29 is 0 Å². The predicted octanol–water partition coefficient (Wildman–Crippen LogP) is 4.34. The highest BCUT2D eigenvalue weighted by molar-refractivity contribution is 5.58. The predicted molar refractivity (Wildman–Crippen MR) is 73.6 cm³/mol. The summed E-state index contributed by atoms with van der Waals surface area (Å²) in [4.78, 5) is 0. The molecule has 0 aromatic heterocycles. The summed E-state index contributed by atoms with van der Waals surface area (Å²) in [6.07, 6.45) is 7.00. The van der Waals surface area contributed by atoms with Gasteiger partial charge in [0.2, 0.25) is 0 Å². The highest BCUT2D eigenvalue weighted by Gasteiger charge is 2.30. The molecule has 1 heteroatoms. The molecule has 0 radical (unpaired) electrons. The van der Waals surface area contributed by atoms with Gasteiger partial charge in [-0.3, -0.25) is 0 Å². The lowest BCUT2D eigenvalue weighted by Crippen LogP contribution is -2.24. The molecule has 92 valence electrons. The summed E-state index contributed by atoms with van der Waals surface area (Å²) < 4.78 is 0. The highest BCUT2D eigenvalue weighted by Crippen LogP contribution is 2.37. The van der Waals surface area contributed by atoms with Crippen molar-refractivity contribution >= 4 is 5.69 Å². The molecule has 0 saturated heterocycles. The van der Waals surface area contributed by atoms with Crippen LogP contribution in [0, 0.1) is 5.92 Å². The Morgan fingerprint density at radius 3 is 2.65 bits per heavy atom. The van der Waals surface area contributed by atoms with Gasteiger partial charge in [-0.25, -0.2) is 0 Å². The van der Waals surface area contributed by atoms with Gasteiger partial charge in [0.1, 0.15) is 0 Å². The van der Waals surface area contributed by atoms with Crippen LogP contribution in [0.4, 0.5) is 5.69 Å². The zero-order chi connectivity index (χ0) is 11.8. The zero-order valence-corrected chi connectivity index (χ0v) is 11.0. The van der Waals surface area contributed by atoms with E-state index in [2.05, 4.69) is 37.4 Å². The number of hydrogen-bond acceptors (Lipinski definition) is 1. The van der Waals surface area contributed by atoms with Crippen molar-refractivity contribution in [2.75, 3.05) is 5.32 Å². The van der Waals surface area contributed by atoms with Gasteiger partial charge in [-0.1, -0.05) is 38.8 Å². The third-order valence-electron chi connectivity index (χ3n) is 4.55. The summed E-state index contributed by atoms with van der Waals surface area (Å²) >= 11 is 0. The molecule has 1 atom stereocenters. The number of nitrogens with one attached hydrogen (secondary N) is 1. The maximum absolute atomic E-state index is 3.74. The summed E-state index contributed by atoms with van der Waals surface area (Å²) in [6, 6.07) is 7.71.